The molecule has 0 unspecified atom stereocenters. The van der Waals surface area contributed by atoms with Gasteiger partial charge in [-0.1, -0.05) is 25.1 Å². The number of para-hydroxylation sites is 1. The van der Waals surface area contributed by atoms with Crippen molar-refractivity contribution in [1.82, 2.24) is 4.98 Å². The molecule has 1 aromatic heterocycles. The quantitative estimate of drug-likeness (QED) is 0.839. The third-order valence-electron chi connectivity index (χ3n) is 2.28. The number of rotatable bonds is 3. The topological polar surface area (TPSA) is 22.1 Å². The van der Waals surface area contributed by atoms with Crippen molar-refractivity contribution in [3.05, 3.63) is 52.6 Å². The van der Waals surface area contributed by atoms with E-state index in [4.69, 9.17) is 4.74 Å². The van der Waals surface area contributed by atoms with Crippen LogP contribution in [-0.4, -0.2) is 4.98 Å². The van der Waals surface area contributed by atoms with Crippen LogP contribution in [0.5, 0.6) is 11.6 Å². The summed E-state index contributed by atoms with van der Waals surface area (Å²) in [5.74, 6) is 1.47. The minimum Gasteiger partial charge on any atom is -0.438 e. The number of nitrogens with zero attached hydrogens (tertiary/aromatic N) is 1. The summed E-state index contributed by atoms with van der Waals surface area (Å²) >= 11 is 3.41. The molecule has 1 heterocycles. The molecule has 0 aliphatic rings. The van der Waals surface area contributed by atoms with Crippen LogP contribution >= 0.6 is 15.9 Å². The van der Waals surface area contributed by atoms with Crippen molar-refractivity contribution in [2.75, 3.05) is 0 Å². The fourth-order valence-electron chi connectivity index (χ4n) is 1.45. The number of pyridine rings is 1. The van der Waals surface area contributed by atoms with E-state index < -0.39 is 0 Å². The lowest BCUT2D eigenvalue weighted by molar-refractivity contribution is 0.454. The van der Waals surface area contributed by atoms with Crippen molar-refractivity contribution in [3.63, 3.8) is 0 Å². The van der Waals surface area contributed by atoms with E-state index >= 15 is 0 Å². The maximum atomic E-state index is 5.77. The molecule has 0 saturated carbocycles. The Labute approximate surface area is 103 Å². The van der Waals surface area contributed by atoms with Gasteiger partial charge in [0.05, 0.1) is 4.47 Å². The molecule has 0 amide bonds. The van der Waals surface area contributed by atoms with E-state index in [0.717, 1.165) is 16.6 Å². The van der Waals surface area contributed by atoms with Gasteiger partial charge in [-0.25, -0.2) is 4.98 Å². The van der Waals surface area contributed by atoms with Crippen LogP contribution in [0.2, 0.25) is 0 Å². The minimum absolute atomic E-state index is 0.600. The predicted molar refractivity (Wildman–Crippen MR) is 67.8 cm³/mol. The molecule has 1 aromatic carbocycles. The van der Waals surface area contributed by atoms with Crippen LogP contribution in [0.1, 0.15) is 12.5 Å². The number of aromatic nitrogens is 1. The molecular formula is C13H12BrNO. The highest BCUT2D eigenvalue weighted by Gasteiger charge is 2.05. The average Bonchev–Trinajstić information content (AvgIpc) is 2.33. The maximum Gasteiger partial charge on any atom is 0.233 e. The van der Waals surface area contributed by atoms with Crippen LogP contribution in [0.15, 0.2) is 47.1 Å². The molecule has 0 N–H and O–H groups in total. The summed E-state index contributed by atoms with van der Waals surface area (Å²) < 4.78 is 6.64. The van der Waals surface area contributed by atoms with Crippen molar-refractivity contribution < 1.29 is 4.74 Å². The Hall–Kier alpha value is -1.35. The summed E-state index contributed by atoms with van der Waals surface area (Å²) in [5, 5.41) is 0. The second kappa shape index (κ2) is 5.12. The van der Waals surface area contributed by atoms with E-state index in [1.54, 1.807) is 6.20 Å². The maximum absolute atomic E-state index is 5.77. The number of benzene rings is 1. The molecule has 0 atom stereocenters. The zero-order valence-electron chi connectivity index (χ0n) is 8.98. The zero-order chi connectivity index (χ0) is 11.4. The molecule has 2 nitrogen and oxygen atoms in total. The van der Waals surface area contributed by atoms with Crippen LogP contribution in [-0.2, 0) is 6.42 Å². The second-order valence-electron chi connectivity index (χ2n) is 3.35. The van der Waals surface area contributed by atoms with Crippen LogP contribution in [0.3, 0.4) is 0 Å². The number of ether oxygens (including phenoxy) is 1. The molecule has 16 heavy (non-hydrogen) atoms. The van der Waals surface area contributed by atoms with Crippen LogP contribution in [0.25, 0.3) is 0 Å². The lowest BCUT2D eigenvalue weighted by Crippen LogP contribution is -1.92. The Morgan fingerprint density at radius 3 is 2.75 bits per heavy atom. The smallest absolute Gasteiger partial charge is 0.233 e. The van der Waals surface area contributed by atoms with Gasteiger partial charge in [-0.05, 0) is 46.1 Å². The molecule has 0 saturated heterocycles. The van der Waals surface area contributed by atoms with Crippen molar-refractivity contribution in [2.45, 2.75) is 13.3 Å². The molecule has 0 radical (unpaired) electrons. The highest BCUT2D eigenvalue weighted by molar-refractivity contribution is 9.10. The summed E-state index contributed by atoms with van der Waals surface area (Å²) in [6.07, 6.45) is 2.66. The highest BCUT2D eigenvalue weighted by Crippen LogP contribution is 2.29. The van der Waals surface area contributed by atoms with Gasteiger partial charge in [0.1, 0.15) is 5.75 Å². The zero-order valence-corrected chi connectivity index (χ0v) is 10.6. The monoisotopic (exact) mass is 277 g/mol. The SMILES string of the molecule is CCc1ccccc1Oc1ncccc1Br. The van der Waals surface area contributed by atoms with E-state index in [1.165, 1.54) is 5.56 Å². The molecule has 0 fully saturated rings. The summed E-state index contributed by atoms with van der Waals surface area (Å²) in [7, 11) is 0. The normalized spacial score (nSPS) is 10.1. The van der Waals surface area contributed by atoms with E-state index in [9.17, 15) is 0 Å². The predicted octanol–water partition coefficient (Wildman–Crippen LogP) is 4.20. The van der Waals surface area contributed by atoms with Crippen molar-refractivity contribution in [2.24, 2.45) is 0 Å². The lowest BCUT2D eigenvalue weighted by atomic mass is 10.1. The molecule has 82 valence electrons. The van der Waals surface area contributed by atoms with Gasteiger partial charge in [-0.15, -0.1) is 0 Å². The summed E-state index contributed by atoms with van der Waals surface area (Å²) in [5.41, 5.74) is 1.18. The van der Waals surface area contributed by atoms with Gasteiger partial charge in [0.2, 0.25) is 5.88 Å². The van der Waals surface area contributed by atoms with Gasteiger partial charge in [0.15, 0.2) is 0 Å². The highest BCUT2D eigenvalue weighted by atomic mass is 79.9. The molecule has 3 heteroatoms. The molecular weight excluding hydrogens is 266 g/mol. The third kappa shape index (κ3) is 2.42. The largest absolute Gasteiger partial charge is 0.438 e. The Morgan fingerprint density at radius 1 is 1.19 bits per heavy atom. The van der Waals surface area contributed by atoms with Gasteiger partial charge < -0.3 is 4.74 Å². The molecule has 2 aromatic rings. The number of hydrogen-bond donors (Lipinski definition) is 0. The van der Waals surface area contributed by atoms with Gasteiger partial charge in [0.25, 0.3) is 0 Å². The summed E-state index contributed by atoms with van der Waals surface area (Å²) in [4.78, 5) is 4.18. The summed E-state index contributed by atoms with van der Waals surface area (Å²) in [6.45, 7) is 2.11. The fraction of sp³-hybridized carbons (Fsp3) is 0.154. The van der Waals surface area contributed by atoms with Gasteiger partial charge in [-0.2, -0.15) is 0 Å². The molecule has 0 spiro atoms. The molecule has 0 aliphatic heterocycles. The Morgan fingerprint density at radius 2 is 2.00 bits per heavy atom. The van der Waals surface area contributed by atoms with Gasteiger partial charge in [0, 0.05) is 6.20 Å². The first-order valence-corrected chi connectivity index (χ1v) is 5.97. The van der Waals surface area contributed by atoms with Crippen molar-refractivity contribution in [3.8, 4) is 11.6 Å². The molecule has 0 bridgehead atoms. The second-order valence-corrected chi connectivity index (χ2v) is 4.21. The first-order valence-electron chi connectivity index (χ1n) is 5.17. The van der Waals surface area contributed by atoms with Gasteiger partial charge >= 0.3 is 0 Å². The van der Waals surface area contributed by atoms with Crippen LogP contribution in [0, 0.1) is 0 Å². The van der Waals surface area contributed by atoms with Crippen molar-refractivity contribution in [1.29, 1.82) is 0 Å². The summed E-state index contributed by atoms with van der Waals surface area (Å²) in [6, 6.07) is 11.8. The molecule has 0 aliphatic carbocycles. The van der Waals surface area contributed by atoms with Gasteiger partial charge in [-0.3, -0.25) is 0 Å². The van der Waals surface area contributed by atoms with Crippen LogP contribution in [0.4, 0.5) is 0 Å². The van der Waals surface area contributed by atoms with E-state index in [-0.39, 0.29) is 0 Å². The molecule has 2 rings (SSSR count). The first-order chi connectivity index (χ1) is 7.81. The average molecular weight is 278 g/mol. The Bertz CT molecular complexity index is 485. The van der Waals surface area contributed by atoms with Crippen LogP contribution < -0.4 is 4.74 Å². The Kier molecular flexibility index (Phi) is 3.57. The van der Waals surface area contributed by atoms with Crippen molar-refractivity contribution >= 4 is 15.9 Å². The standard InChI is InChI=1S/C13H12BrNO/c1-2-10-6-3-4-8-12(10)16-13-11(14)7-5-9-15-13/h3-9H,2H2,1H3. The Balaban J connectivity index is 2.30. The number of hydrogen-bond acceptors (Lipinski definition) is 2. The fourth-order valence-corrected chi connectivity index (χ4v) is 1.78. The lowest BCUT2D eigenvalue weighted by Gasteiger charge is -2.09. The number of aryl methyl sites for hydroxylation is 1. The third-order valence-corrected chi connectivity index (χ3v) is 2.89. The minimum atomic E-state index is 0.600. The van der Waals surface area contributed by atoms with E-state index in [2.05, 4.69) is 33.9 Å². The van der Waals surface area contributed by atoms with E-state index in [0.29, 0.717) is 5.88 Å². The first kappa shape index (κ1) is 11.1. The van der Waals surface area contributed by atoms with E-state index in [1.807, 2.05) is 30.3 Å². The number of halogens is 1.